The fraction of sp³-hybridized carbons (Fsp3) is 0.186. The maximum Gasteiger partial charge on any atom is 2.00 e. The summed E-state index contributed by atoms with van der Waals surface area (Å²) < 4.78 is 0. The Morgan fingerprint density at radius 2 is 1.31 bits per heavy atom. The third-order valence-electron chi connectivity index (χ3n) is 8.70. The molecule has 2 N–H and O–H groups in total. The van der Waals surface area contributed by atoms with Gasteiger partial charge < -0.3 is 20.9 Å². The second-order valence-electron chi connectivity index (χ2n) is 12.2. The van der Waals surface area contributed by atoms with Crippen LogP contribution in [0, 0.1) is 5.92 Å². The quantitative estimate of drug-likeness (QED) is 0.0785. The van der Waals surface area contributed by atoms with Crippen LogP contribution in [-0.2, 0) is 25.9 Å². The molecule has 278 valence electrons. The van der Waals surface area contributed by atoms with Gasteiger partial charge in [0.2, 0.25) is 0 Å². The van der Waals surface area contributed by atoms with E-state index < -0.39 is 5.97 Å². The van der Waals surface area contributed by atoms with Crippen LogP contribution in [0.25, 0.3) is 66.5 Å². The fourth-order valence-electron chi connectivity index (χ4n) is 5.96. The standard InChI is InChI=1S/C30H31N3.C11H8N2O2.2CNS.Ru/c1-3-5-8-21(4-2)17-22-10-12-23(13-11-22)24-14-15-27-25(18-24)26-19-29(32-20-30(26)33-27)28-9-6-7-16-31-28;14-11(15)8-4-6-13-10(7-8)9-3-1-2-5-12-9;2*2-1-3;/h6-7,9-16,18-21,33H,3-5,8,17H2,1-2H3;1-7H,(H,14,15);;;/q;;2*-1;+2. The number of thiocarbonyl (C=S) groups is 2. The first-order valence-electron chi connectivity index (χ1n) is 17.4. The Hall–Kier alpha value is -5.47. The van der Waals surface area contributed by atoms with Gasteiger partial charge in [-0.3, -0.25) is 19.9 Å². The van der Waals surface area contributed by atoms with Gasteiger partial charge in [-0.25, -0.2) is 4.79 Å². The Kier molecular flexibility index (Phi) is 18.6. The minimum absolute atomic E-state index is 0. The van der Waals surface area contributed by atoms with Gasteiger partial charge in [0, 0.05) is 34.9 Å². The monoisotopic (exact) mass is 851 g/mol. The molecule has 0 bridgehead atoms. The van der Waals surface area contributed by atoms with Crippen molar-refractivity contribution in [3.8, 4) is 33.9 Å². The third kappa shape index (κ3) is 12.8. The van der Waals surface area contributed by atoms with E-state index in [2.05, 4.69) is 112 Å². The number of pyridine rings is 4. The van der Waals surface area contributed by atoms with Crippen LogP contribution in [0.3, 0.4) is 0 Å². The number of nitrogens with zero attached hydrogens (tertiary/aromatic N) is 6. The van der Waals surface area contributed by atoms with Gasteiger partial charge in [-0.2, -0.15) is 10.3 Å². The normalized spacial score (nSPS) is 10.4. The number of benzene rings is 2. The molecule has 7 rings (SSSR count). The molecule has 0 saturated carbocycles. The average Bonchev–Trinajstić information content (AvgIpc) is 3.58. The Bertz CT molecular complexity index is 2310. The molecule has 9 nitrogen and oxygen atoms in total. The molecule has 0 saturated heterocycles. The molecular weight excluding hydrogens is 812 g/mol. The molecule has 1 unspecified atom stereocenters. The molecule has 2 aromatic carbocycles. The van der Waals surface area contributed by atoms with Crippen LogP contribution < -0.4 is 0 Å². The molecule has 55 heavy (non-hydrogen) atoms. The molecule has 0 radical (unpaired) electrons. The van der Waals surface area contributed by atoms with E-state index in [9.17, 15) is 4.79 Å². The zero-order chi connectivity index (χ0) is 38.7. The number of unbranched alkanes of at least 4 members (excludes halogenated alkanes) is 1. The topological polar surface area (TPSA) is 149 Å². The summed E-state index contributed by atoms with van der Waals surface area (Å²) in [6, 6.07) is 32.3. The average molecular weight is 851 g/mol. The Morgan fingerprint density at radius 3 is 1.87 bits per heavy atom. The summed E-state index contributed by atoms with van der Waals surface area (Å²) in [5, 5.41) is 28.1. The molecule has 0 aliphatic carbocycles. The number of H-pyrrole nitrogens is 1. The van der Waals surface area contributed by atoms with Crippen LogP contribution in [-0.4, -0.2) is 46.3 Å². The van der Waals surface area contributed by atoms with Crippen molar-refractivity contribution in [3.05, 3.63) is 144 Å². The number of aromatic carboxylic acids is 1. The minimum atomic E-state index is -0.963. The van der Waals surface area contributed by atoms with Gasteiger partial charge in [0.15, 0.2) is 0 Å². The fourth-order valence-corrected chi connectivity index (χ4v) is 5.96. The molecule has 0 aliphatic heterocycles. The molecule has 5 heterocycles. The molecule has 0 fully saturated rings. The van der Waals surface area contributed by atoms with E-state index in [-0.39, 0.29) is 25.0 Å². The van der Waals surface area contributed by atoms with E-state index in [4.69, 9.17) is 15.9 Å². The Morgan fingerprint density at radius 1 is 0.727 bits per heavy atom. The van der Waals surface area contributed by atoms with Crippen LogP contribution in [0.5, 0.6) is 0 Å². The number of isothiocyanates is 2. The van der Waals surface area contributed by atoms with E-state index in [0.29, 0.717) is 11.4 Å². The first-order chi connectivity index (χ1) is 26.3. The molecule has 7 aromatic rings. The molecule has 1 atom stereocenters. The minimum Gasteiger partial charge on any atom is -0.753 e. The van der Waals surface area contributed by atoms with Crippen molar-refractivity contribution >= 4 is 62.5 Å². The van der Waals surface area contributed by atoms with Crippen LogP contribution in [0.2, 0.25) is 0 Å². The summed E-state index contributed by atoms with van der Waals surface area (Å²) in [6.45, 7) is 4.60. The van der Waals surface area contributed by atoms with E-state index in [1.807, 2.05) is 36.7 Å². The van der Waals surface area contributed by atoms with Crippen LogP contribution in [0.1, 0.15) is 55.5 Å². The maximum atomic E-state index is 10.7. The predicted molar refractivity (Wildman–Crippen MR) is 226 cm³/mol. The molecule has 12 heteroatoms. The summed E-state index contributed by atoms with van der Waals surface area (Å²) >= 11 is 7.40. The number of rotatable bonds is 10. The number of nitrogens with one attached hydrogen (secondary N) is 1. The van der Waals surface area contributed by atoms with Crippen molar-refractivity contribution < 1.29 is 29.4 Å². The number of aromatic amines is 1. The summed E-state index contributed by atoms with van der Waals surface area (Å²) in [7, 11) is 0. The first kappa shape index (κ1) is 43.9. The van der Waals surface area contributed by atoms with Gasteiger partial charge in [0.1, 0.15) is 0 Å². The molecule has 0 aliphatic rings. The van der Waals surface area contributed by atoms with Gasteiger partial charge >= 0.3 is 25.4 Å². The van der Waals surface area contributed by atoms with Crippen molar-refractivity contribution in [3.63, 3.8) is 0 Å². The molecular formula is C43H39N7O2RuS2. The number of hydrogen-bond donors (Lipinski definition) is 2. The third-order valence-corrected chi connectivity index (χ3v) is 8.70. The number of carboxylic acids is 1. The van der Waals surface area contributed by atoms with E-state index in [0.717, 1.165) is 28.3 Å². The zero-order valence-electron chi connectivity index (χ0n) is 30.4. The zero-order valence-corrected chi connectivity index (χ0v) is 33.7. The van der Waals surface area contributed by atoms with E-state index in [1.165, 1.54) is 88.2 Å². The summed E-state index contributed by atoms with van der Waals surface area (Å²) in [5.41, 5.74) is 9.36. The van der Waals surface area contributed by atoms with Gasteiger partial charge in [0.25, 0.3) is 0 Å². The largest absolute Gasteiger partial charge is 2.00 e. The number of carbonyl (C=O) groups is 1. The molecule has 0 amide bonds. The number of carboxylic acid groups (broad SMARTS) is 1. The van der Waals surface area contributed by atoms with Crippen LogP contribution in [0.4, 0.5) is 0 Å². The van der Waals surface area contributed by atoms with Crippen LogP contribution in [0.15, 0.2) is 122 Å². The van der Waals surface area contributed by atoms with Gasteiger partial charge in [-0.15, -0.1) is 0 Å². The van der Waals surface area contributed by atoms with Gasteiger partial charge in [-0.1, -0.05) is 106 Å². The van der Waals surface area contributed by atoms with Crippen molar-refractivity contribution in [1.82, 2.24) is 24.9 Å². The van der Waals surface area contributed by atoms with Crippen molar-refractivity contribution in [2.75, 3.05) is 0 Å². The van der Waals surface area contributed by atoms with Gasteiger partial charge in [0.05, 0.1) is 40.1 Å². The Labute approximate surface area is 344 Å². The van der Waals surface area contributed by atoms with E-state index in [1.54, 1.807) is 18.3 Å². The number of aromatic nitrogens is 5. The first-order valence-corrected chi connectivity index (χ1v) is 18.2. The van der Waals surface area contributed by atoms with Crippen molar-refractivity contribution in [2.45, 2.75) is 46.0 Å². The summed E-state index contributed by atoms with van der Waals surface area (Å²) in [6.07, 6.45) is 13.2. The summed E-state index contributed by atoms with van der Waals surface area (Å²) in [5.74, 6) is -0.171. The van der Waals surface area contributed by atoms with Gasteiger partial charge in [-0.05, 0) is 83.6 Å². The smallest absolute Gasteiger partial charge is 0.753 e. The van der Waals surface area contributed by atoms with E-state index >= 15 is 0 Å². The molecule has 0 spiro atoms. The maximum absolute atomic E-state index is 10.7. The number of fused-ring (bicyclic) bond motifs is 3. The second kappa shape index (κ2) is 23.3. The second-order valence-corrected chi connectivity index (χ2v) is 12.5. The van der Waals surface area contributed by atoms with Crippen molar-refractivity contribution in [2.24, 2.45) is 5.92 Å². The number of hydrogen-bond acceptors (Lipinski definition) is 7. The predicted octanol–water partition coefficient (Wildman–Crippen LogP) is 11.4. The summed E-state index contributed by atoms with van der Waals surface area (Å²) in [4.78, 5) is 31.5. The SMILES string of the molecule is CCCCC(CC)Cc1ccc(-c2ccc3[nH]c4cnc(-c5ccccn5)cc4c3c2)cc1.O=C(O)c1ccnc(-c2ccccn2)c1.[N-]=C=S.[N-]=C=S.[Ru+2]. The Balaban J connectivity index is 0.000000308. The van der Waals surface area contributed by atoms with Crippen molar-refractivity contribution in [1.29, 1.82) is 0 Å². The molecule has 5 aromatic heterocycles. The van der Waals surface area contributed by atoms with Crippen LogP contribution >= 0.6 is 24.4 Å².